The van der Waals surface area contributed by atoms with Gasteiger partial charge >= 0.3 is 6.09 Å². The number of amides is 1. The molecule has 0 saturated carbocycles. The van der Waals surface area contributed by atoms with Gasteiger partial charge in [-0.15, -0.1) is 0 Å². The van der Waals surface area contributed by atoms with E-state index in [0.717, 1.165) is 19.5 Å². The number of carbonyl (C=O) groups is 1. The summed E-state index contributed by atoms with van der Waals surface area (Å²) in [6, 6.07) is 7.98. The van der Waals surface area contributed by atoms with E-state index in [1.54, 1.807) is 0 Å². The predicted molar refractivity (Wildman–Crippen MR) is 97.4 cm³/mol. The quantitative estimate of drug-likeness (QED) is 0.829. The van der Waals surface area contributed by atoms with Crippen LogP contribution in [0, 0.1) is 17.6 Å². The summed E-state index contributed by atoms with van der Waals surface area (Å²) in [5, 5.41) is 2.55. The fourth-order valence-electron chi connectivity index (χ4n) is 3.03. The fourth-order valence-corrected chi connectivity index (χ4v) is 3.21. The van der Waals surface area contributed by atoms with Crippen molar-refractivity contribution in [3.05, 3.63) is 53.1 Å². The van der Waals surface area contributed by atoms with Crippen LogP contribution in [0.4, 0.5) is 19.3 Å². The summed E-state index contributed by atoms with van der Waals surface area (Å²) < 4.78 is 32.4. The van der Waals surface area contributed by atoms with E-state index < -0.39 is 17.7 Å². The van der Waals surface area contributed by atoms with E-state index in [0.29, 0.717) is 29.3 Å². The van der Waals surface area contributed by atoms with Crippen molar-refractivity contribution in [2.24, 2.45) is 5.92 Å². The Balaban J connectivity index is 1.73. The van der Waals surface area contributed by atoms with Crippen LogP contribution in [0.2, 0.25) is 5.02 Å². The minimum atomic E-state index is -0.611. The lowest BCUT2D eigenvalue weighted by atomic mass is 10.0. The number of rotatable bonds is 4. The molecule has 138 valence electrons. The summed E-state index contributed by atoms with van der Waals surface area (Å²) in [5.41, 5.74) is 1.25. The van der Waals surface area contributed by atoms with Crippen LogP contribution in [0.3, 0.4) is 0 Å². The Labute approximate surface area is 155 Å². The summed E-state index contributed by atoms with van der Waals surface area (Å²) in [5.74, 6) is -0.732. The molecule has 0 unspecified atom stereocenters. The number of likely N-dealkylation sites (tertiary alicyclic amines) is 1. The van der Waals surface area contributed by atoms with E-state index >= 15 is 0 Å². The SMILES string of the molecule is CN1CC[C@@H](COC(=O)Nc2ccc(F)cc2-c2ccc(F)c(Cl)c2)C1. The molecule has 1 saturated heterocycles. The molecule has 0 spiro atoms. The Morgan fingerprint density at radius 1 is 1.31 bits per heavy atom. The zero-order valence-corrected chi connectivity index (χ0v) is 15.0. The number of nitrogens with one attached hydrogen (secondary N) is 1. The van der Waals surface area contributed by atoms with Crippen LogP contribution >= 0.6 is 11.6 Å². The first-order valence-corrected chi connectivity index (χ1v) is 8.67. The highest BCUT2D eigenvalue weighted by Crippen LogP contribution is 2.31. The highest BCUT2D eigenvalue weighted by atomic mass is 35.5. The van der Waals surface area contributed by atoms with Crippen LogP contribution < -0.4 is 5.32 Å². The van der Waals surface area contributed by atoms with Crippen molar-refractivity contribution in [3.8, 4) is 11.1 Å². The molecule has 0 aliphatic carbocycles. The largest absolute Gasteiger partial charge is 0.449 e. The van der Waals surface area contributed by atoms with E-state index in [9.17, 15) is 13.6 Å². The third-order valence-corrected chi connectivity index (χ3v) is 4.68. The van der Waals surface area contributed by atoms with Crippen molar-refractivity contribution >= 4 is 23.4 Å². The Morgan fingerprint density at radius 2 is 2.12 bits per heavy atom. The number of anilines is 1. The zero-order valence-electron chi connectivity index (χ0n) is 14.3. The number of hydrogen-bond acceptors (Lipinski definition) is 3. The third kappa shape index (κ3) is 4.51. The summed E-state index contributed by atoms with van der Waals surface area (Å²) >= 11 is 5.81. The maximum absolute atomic E-state index is 13.7. The van der Waals surface area contributed by atoms with Crippen LogP contribution in [0.25, 0.3) is 11.1 Å². The maximum Gasteiger partial charge on any atom is 0.411 e. The van der Waals surface area contributed by atoms with Gasteiger partial charge in [-0.25, -0.2) is 13.6 Å². The number of carbonyl (C=O) groups excluding carboxylic acids is 1. The van der Waals surface area contributed by atoms with E-state index in [-0.39, 0.29) is 5.02 Å². The molecule has 26 heavy (non-hydrogen) atoms. The predicted octanol–water partition coefficient (Wildman–Crippen LogP) is 4.79. The molecular weight excluding hydrogens is 362 g/mol. The van der Waals surface area contributed by atoms with Gasteiger partial charge in [0, 0.05) is 18.0 Å². The molecule has 2 aromatic rings. The first-order chi connectivity index (χ1) is 12.4. The van der Waals surface area contributed by atoms with Crippen molar-refractivity contribution in [2.45, 2.75) is 6.42 Å². The monoisotopic (exact) mass is 380 g/mol. The standard InChI is InChI=1S/C19H19ClF2N2O2/c1-24-7-6-12(10-24)11-26-19(25)23-18-5-3-14(21)9-15(18)13-2-4-17(22)16(20)8-13/h2-5,8-9,12H,6-7,10-11H2,1H3,(H,23,25)/t12-/m1/s1. The van der Waals surface area contributed by atoms with Gasteiger partial charge in [0.25, 0.3) is 0 Å². The van der Waals surface area contributed by atoms with Crippen LogP contribution in [-0.2, 0) is 4.74 Å². The Bertz CT molecular complexity index is 816. The molecule has 1 aliphatic heterocycles. The molecule has 0 bridgehead atoms. The van der Waals surface area contributed by atoms with Crippen molar-refractivity contribution in [1.82, 2.24) is 4.90 Å². The minimum Gasteiger partial charge on any atom is -0.449 e. The number of halogens is 3. The Kier molecular flexibility index (Phi) is 5.74. The molecular formula is C19H19ClF2N2O2. The summed E-state index contributed by atoms with van der Waals surface area (Å²) in [6.45, 7) is 2.21. The Morgan fingerprint density at radius 3 is 2.81 bits per heavy atom. The molecule has 7 heteroatoms. The molecule has 0 aromatic heterocycles. The molecule has 1 atom stereocenters. The van der Waals surface area contributed by atoms with Crippen LogP contribution in [0.5, 0.6) is 0 Å². The molecule has 1 fully saturated rings. The maximum atomic E-state index is 13.7. The Hall–Kier alpha value is -2.18. The molecule has 1 aliphatic rings. The van der Waals surface area contributed by atoms with Gasteiger partial charge in [-0.3, -0.25) is 5.32 Å². The van der Waals surface area contributed by atoms with Gasteiger partial charge in [0.2, 0.25) is 0 Å². The number of hydrogen-bond donors (Lipinski definition) is 1. The van der Waals surface area contributed by atoms with Gasteiger partial charge in [0.05, 0.1) is 17.3 Å². The smallest absolute Gasteiger partial charge is 0.411 e. The molecule has 1 amide bonds. The van der Waals surface area contributed by atoms with Crippen LogP contribution in [0.15, 0.2) is 36.4 Å². The number of benzene rings is 2. The molecule has 2 aromatic carbocycles. The topological polar surface area (TPSA) is 41.6 Å². The van der Waals surface area contributed by atoms with Crippen LogP contribution in [0.1, 0.15) is 6.42 Å². The average Bonchev–Trinajstić information content (AvgIpc) is 3.02. The average molecular weight is 381 g/mol. The van der Waals surface area contributed by atoms with E-state index in [4.69, 9.17) is 16.3 Å². The first kappa shape index (κ1) is 18.6. The normalized spacial score (nSPS) is 17.3. The van der Waals surface area contributed by atoms with Crippen molar-refractivity contribution < 1.29 is 18.3 Å². The molecule has 1 N–H and O–H groups in total. The van der Waals surface area contributed by atoms with Crippen molar-refractivity contribution in [1.29, 1.82) is 0 Å². The van der Waals surface area contributed by atoms with Crippen LogP contribution in [-0.4, -0.2) is 37.7 Å². The lowest BCUT2D eigenvalue weighted by Gasteiger charge is -2.14. The lowest BCUT2D eigenvalue weighted by Crippen LogP contribution is -2.21. The second-order valence-electron chi connectivity index (χ2n) is 6.46. The number of ether oxygens (including phenoxy) is 1. The van der Waals surface area contributed by atoms with Gasteiger partial charge in [0.1, 0.15) is 11.6 Å². The minimum absolute atomic E-state index is 0.0781. The van der Waals surface area contributed by atoms with Crippen molar-refractivity contribution in [3.63, 3.8) is 0 Å². The highest BCUT2D eigenvalue weighted by molar-refractivity contribution is 6.31. The zero-order chi connectivity index (χ0) is 18.7. The van der Waals surface area contributed by atoms with Gasteiger partial charge in [-0.05, 0) is 55.9 Å². The number of nitrogens with zero attached hydrogens (tertiary/aromatic N) is 1. The summed E-state index contributed by atoms with van der Waals surface area (Å²) in [6.07, 6.45) is 0.375. The summed E-state index contributed by atoms with van der Waals surface area (Å²) in [4.78, 5) is 14.3. The summed E-state index contributed by atoms with van der Waals surface area (Å²) in [7, 11) is 2.03. The van der Waals surface area contributed by atoms with E-state index in [2.05, 4.69) is 10.2 Å². The van der Waals surface area contributed by atoms with Gasteiger partial charge in [0.15, 0.2) is 0 Å². The lowest BCUT2D eigenvalue weighted by molar-refractivity contribution is 0.142. The second-order valence-corrected chi connectivity index (χ2v) is 6.87. The molecule has 4 nitrogen and oxygen atoms in total. The molecule has 3 rings (SSSR count). The van der Waals surface area contributed by atoms with E-state index in [1.807, 2.05) is 7.05 Å². The van der Waals surface area contributed by atoms with Crippen molar-refractivity contribution in [2.75, 3.05) is 32.1 Å². The first-order valence-electron chi connectivity index (χ1n) is 8.29. The van der Waals surface area contributed by atoms with E-state index in [1.165, 1.54) is 36.4 Å². The third-order valence-electron chi connectivity index (χ3n) is 4.39. The fraction of sp³-hybridized carbons (Fsp3) is 0.316. The van der Waals surface area contributed by atoms with Gasteiger partial charge in [-0.1, -0.05) is 17.7 Å². The molecule has 0 radical (unpaired) electrons. The highest BCUT2D eigenvalue weighted by Gasteiger charge is 2.21. The second kappa shape index (κ2) is 8.01. The molecule has 1 heterocycles. The van der Waals surface area contributed by atoms with Gasteiger partial charge in [-0.2, -0.15) is 0 Å². The van der Waals surface area contributed by atoms with Gasteiger partial charge < -0.3 is 9.64 Å².